The van der Waals surface area contributed by atoms with Crippen LogP contribution in [0.15, 0.2) is 42.6 Å². The number of benzene rings is 1. The molecule has 0 saturated heterocycles. The van der Waals surface area contributed by atoms with Gasteiger partial charge in [-0.2, -0.15) is 0 Å². The SMILES string of the molecule is CCCC(C)(C)CCCCc1cnc(C)cc1C(=O)OCc1ccccc1. The van der Waals surface area contributed by atoms with Crippen molar-refractivity contribution in [1.29, 1.82) is 0 Å². The standard InChI is InChI=1S/C24H33NO2/c1-5-14-24(3,4)15-10-9-13-21-17-25-19(2)16-22(21)23(26)27-18-20-11-7-6-8-12-20/h6-8,11-12,16-17H,5,9-10,13-15,18H2,1-4H3. The summed E-state index contributed by atoms with van der Waals surface area (Å²) in [6.45, 7) is 9.14. The van der Waals surface area contributed by atoms with Crippen LogP contribution in [0.3, 0.4) is 0 Å². The van der Waals surface area contributed by atoms with Gasteiger partial charge in [-0.3, -0.25) is 4.98 Å². The summed E-state index contributed by atoms with van der Waals surface area (Å²) < 4.78 is 5.54. The van der Waals surface area contributed by atoms with Crippen LogP contribution in [0.1, 0.15) is 80.1 Å². The molecule has 0 fully saturated rings. The Bertz CT molecular complexity index is 722. The van der Waals surface area contributed by atoms with Gasteiger partial charge in [-0.1, -0.05) is 63.9 Å². The van der Waals surface area contributed by atoms with Gasteiger partial charge in [0.1, 0.15) is 6.61 Å². The Morgan fingerprint density at radius 1 is 1.11 bits per heavy atom. The largest absolute Gasteiger partial charge is 0.457 e. The van der Waals surface area contributed by atoms with Crippen LogP contribution >= 0.6 is 0 Å². The lowest BCUT2D eigenvalue weighted by Crippen LogP contribution is -2.12. The molecule has 1 aromatic heterocycles. The first-order valence-electron chi connectivity index (χ1n) is 10.1. The highest BCUT2D eigenvalue weighted by molar-refractivity contribution is 5.91. The smallest absolute Gasteiger partial charge is 0.338 e. The minimum absolute atomic E-state index is 0.259. The molecule has 0 spiro atoms. The Balaban J connectivity index is 1.94. The number of hydrogen-bond donors (Lipinski definition) is 0. The van der Waals surface area contributed by atoms with Crippen LogP contribution < -0.4 is 0 Å². The third kappa shape index (κ3) is 7.16. The number of carbonyl (C=O) groups excluding carboxylic acids is 1. The highest BCUT2D eigenvalue weighted by atomic mass is 16.5. The average Bonchev–Trinajstić information content (AvgIpc) is 2.65. The molecule has 0 atom stereocenters. The first-order chi connectivity index (χ1) is 12.9. The number of nitrogens with zero attached hydrogens (tertiary/aromatic N) is 1. The zero-order valence-corrected chi connectivity index (χ0v) is 17.3. The first-order valence-corrected chi connectivity index (χ1v) is 10.1. The molecule has 0 N–H and O–H groups in total. The molecule has 2 rings (SSSR count). The lowest BCUT2D eigenvalue weighted by atomic mass is 9.82. The summed E-state index contributed by atoms with van der Waals surface area (Å²) >= 11 is 0. The molecule has 3 heteroatoms. The zero-order valence-electron chi connectivity index (χ0n) is 17.3. The fraction of sp³-hybridized carbons (Fsp3) is 0.500. The van der Waals surface area contributed by atoms with Gasteiger partial charge in [0, 0.05) is 11.9 Å². The topological polar surface area (TPSA) is 39.2 Å². The number of aryl methyl sites for hydroxylation is 2. The van der Waals surface area contributed by atoms with Gasteiger partial charge in [0.15, 0.2) is 0 Å². The minimum atomic E-state index is -0.259. The van der Waals surface area contributed by atoms with E-state index in [0.29, 0.717) is 17.6 Å². The molecule has 0 amide bonds. The van der Waals surface area contributed by atoms with Crippen molar-refractivity contribution in [2.24, 2.45) is 5.41 Å². The molecule has 0 aliphatic rings. The number of aromatic nitrogens is 1. The van der Waals surface area contributed by atoms with E-state index in [9.17, 15) is 4.79 Å². The quantitative estimate of drug-likeness (QED) is 0.366. The number of unbranched alkanes of at least 4 members (excludes halogenated alkanes) is 1. The van der Waals surface area contributed by atoms with Gasteiger partial charge >= 0.3 is 5.97 Å². The lowest BCUT2D eigenvalue weighted by Gasteiger charge is -2.23. The second-order valence-electron chi connectivity index (χ2n) is 8.17. The molecule has 0 unspecified atom stereocenters. The van der Waals surface area contributed by atoms with Crippen LogP contribution in [0.2, 0.25) is 0 Å². The summed E-state index contributed by atoms with van der Waals surface area (Å²) in [7, 11) is 0. The van der Waals surface area contributed by atoms with Crippen LogP contribution in [0, 0.1) is 12.3 Å². The van der Waals surface area contributed by atoms with Crippen molar-refractivity contribution in [3.63, 3.8) is 0 Å². The molecule has 3 nitrogen and oxygen atoms in total. The highest BCUT2D eigenvalue weighted by Crippen LogP contribution is 2.29. The molecule has 146 valence electrons. The van der Waals surface area contributed by atoms with Crippen molar-refractivity contribution < 1.29 is 9.53 Å². The fourth-order valence-electron chi connectivity index (χ4n) is 3.50. The molecule has 0 saturated carbocycles. The Hall–Kier alpha value is -2.16. The molecule has 2 aromatic rings. The summed E-state index contributed by atoms with van der Waals surface area (Å²) in [5, 5.41) is 0. The Labute approximate surface area is 164 Å². The van der Waals surface area contributed by atoms with Crippen LogP contribution in [-0.4, -0.2) is 11.0 Å². The molecule has 0 radical (unpaired) electrons. The molecule has 1 heterocycles. The molecular weight excluding hydrogens is 334 g/mol. The van der Waals surface area contributed by atoms with E-state index in [2.05, 4.69) is 25.8 Å². The van der Waals surface area contributed by atoms with Crippen molar-refractivity contribution >= 4 is 5.97 Å². The summed E-state index contributed by atoms with van der Waals surface area (Å²) in [5.41, 5.74) is 3.89. The van der Waals surface area contributed by atoms with Crippen molar-refractivity contribution in [2.75, 3.05) is 0 Å². The van der Waals surface area contributed by atoms with E-state index in [1.165, 1.54) is 25.7 Å². The number of rotatable bonds is 10. The van der Waals surface area contributed by atoms with E-state index >= 15 is 0 Å². The molecule has 0 bridgehead atoms. The number of ether oxygens (including phenoxy) is 1. The normalized spacial score (nSPS) is 11.4. The van der Waals surface area contributed by atoms with Crippen molar-refractivity contribution in [3.05, 3.63) is 65.0 Å². The van der Waals surface area contributed by atoms with Gasteiger partial charge in [-0.25, -0.2) is 4.79 Å². The van der Waals surface area contributed by atoms with Crippen molar-refractivity contribution in [2.45, 2.75) is 72.8 Å². The molecule has 0 aliphatic heterocycles. The van der Waals surface area contributed by atoms with Crippen LogP contribution in [0.5, 0.6) is 0 Å². The van der Waals surface area contributed by atoms with Crippen LogP contribution in [0.4, 0.5) is 0 Å². The van der Waals surface area contributed by atoms with Gasteiger partial charge in [0.05, 0.1) is 5.56 Å². The fourth-order valence-corrected chi connectivity index (χ4v) is 3.50. The molecular formula is C24H33NO2. The zero-order chi connectivity index (χ0) is 19.7. The number of carbonyl (C=O) groups is 1. The third-order valence-corrected chi connectivity index (χ3v) is 5.03. The Kier molecular flexibility index (Phi) is 8.02. The van der Waals surface area contributed by atoms with E-state index in [1.807, 2.05) is 49.5 Å². The van der Waals surface area contributed by atoms with Gasteiger partial charge in [-0.15, -0.1) is 0 Å². The van der Waals surface area contributed by atoms with Crippen molar-refractivity contribution in [1.82, 2.24) is 4.98 Å². The summed E-state index contributed by atoms with van der Waals surface area (Å²) in [4.78, 5) is 17.0. The van der Waals surface area contributed by atoms with E-state index in [-0.39, 0.29) is 5.97 Å². The van der Waals surface area contributed by atoms with Gasteiger partial charge < -0.3 is 4.74 Å². The summed E-state index contributed by atoms with van der Waals surface area (Å²) in [6.07, 6.45) is 8.64. The predicted octanol–water partition coefficient (Wildman–Crippen LogP) is 6.29. The maximum Gasteiger partial charge on any atom is 0.338 e. The predicted molar refractivity (Wildman–Crippen MR) is 111 cm³/mol. The first kappa shape index (κ1) is 21.1. The molecule has 0 aliphatic carbocycles. The second kappa shape index (κ2) is 10.2. The Morgan fingerprint density at radius 3 is 2.56 bits per heavy atom. The van der Waals surface area contributed by atoms with E-state index in [1.54, 1.807) is 0 Å². The molecule has 27 heavy (non-hydrogen) atoms. The monoisotopic (exact) mass is 367 g/mol. The number of hydrogen-bond acceptors (Lipinski definition) is 3. The minimum Gasteiger partial charge on any atom is -0.457 e. The average molecular weight is 368 g/mol. The highest BCUT2D eigenvalue weighted by Gasteiger charge is 2.17. The van der Waals surface area contributed by atoms with Crippen LogP contribution in [-0.2, 0) is 17.8 Å². The van der Waals surface area contributed by atoms with Gasteiger partial charge in [0.25, 0.3) is 0 Å². The second-order valence-corrected chi connectivity index (χ2v) is 8.17. The number of esters is 1. The van der Waals surface area contributed by atoms with E-state index < -0.39 is 0 Å². The molecule has 1 aromatic carbocycles. The van der Waals surface area contributed by atoms with Gasteiger partial charge in [-0.05, 0) is 55.2 Å². The lowest BCUT2D eigenvalue weighted by molar-refractivity contribution is 0.0471. The van der Waals surface area contributed by atoms with Crippen LogP contribution in [0.25, 0.3) is 0 Å². The maximum absolute atomic E-state index is 12.6. The Morgan fingerprint density at radius 2 is 1.85 bits per heavy atom. The van der Waals surface area contributed by atoms with Crippen molar-refractivity contribution in [3.8, 4) is 0 Å². The van der Waals surface area contributed by atoms with Gasteiger partial charge in [0.2, 0.25) is 0 Å². The summed E-state index contributed by atoms with van der Waals surface area (Å²) in [6, 6.07) is 11.6. The summed E-state index contributed by atoms with van der Waals surface area (Å²) in [5.74, 6) is -0.259. The maximum atomic E-state index is 12.6. The van der Waals surface area contributed by atoms with E-state index in [4.69, 9.17) is 4.74 Å². The third-order valence-electron chi connectivity index (χ3n) is 5.03. The van der Waals surface area contributed by atoms with E-state index in [0.717, 1.165) is 29.7 Å². The number of pyridine rings is 1.